The summed E-state index contributed by atoms with van der Waals surface area (Å²) < 4.78 is 16.2. The second kappa shape index (κ2) is 6.61. The van der Waals surface area contributed by atoms with Gasteiger partial charge in [-0.2, -0.15) is 0 Å². The summed E-state index contributed by atoms with van der Waals surface area (Å²) in [6, 6.07) is 7.46. The molecule has 1 saturated heterocycles. The Balaban J connectivity index is 1.97. The van der Waals surface area contributed by atoms with E-state index in [4.69, 9.17) is 14.2 Å². The molecular formula is C15H21NO4. The Hall–Kier alpha value is -1.75. The third-order valence-corrected chi connectivity index (χ3v) is 3.38. The SMILES string of the molecule is COc1ccccc1OCC(=O)N1C(C)COCC1C. The van der Waals surface area contributed by atoms with Crippen molar-refractivity contribution >= 4 is 5.91 Å². The van der Waals surface area contributed by atoms with Gasteiger partial charge in [0.05, 0.1) is 32.4 Å². The van der Waals surface area contributed by atoms with Crippen LogP contribution in [0.15, 0.2) is 24.3 Å². The lowest BCUT2D eigenvalue weighted by Gasteiger charge is -2.38. The van der Waals surface area contributed by atoms with Crippen molar-refractivity contribution in [2.45, 2.75) is 25.9 Å². The van der Waals surface area contributed by atoms with Crippen molar-refractivity contribution < 1.29 is 19.0 Å². The minimum Gasteiger partial charge on any atom is -0.493 e. The average molecular weight is 279 g/mol. The lowest BCUT2D eigenvalue weighted by Crippen LogP contribution is -2.53. The Morgan fingerprint density at radius 2 is 1.85 bits per heavy atom. The van der Waals surface area contributed by atoms with E-state index in [2.05, 4.69) is 0 Å². The van der Waals surface area contributed by atoms with Gasteiger partial charge in [-0.1, -0.05) is 12.1 Å². The van der Waals surface area contributed by atoms with E-state index in [1.807, 2.05) is 30.9 Å². The first kappa shape index (κ1) is 14.7. The molecule has 0 spiro atoms. The molecule has 5 nitrogen and oxygen atoms in total. The van der Waals surface area contributed by atoms with Crippen molar-refractivity contribution in [3.8, 4) is 11.5 Å². The van der Waals surface area contributed by atoms with Crippen LogP contribution in [-0.2, 0) is 9.53 Å². The summed E-state index contributed by atoms with van der Waals surface area (Å²) in [5.74, 6) is 1.18. The molecule has 5 heteroatoms. The number of nitrogens with zero attached hydrogens (tertiary/aromatic N) is 1. The third-order valence-electron chi connectivity index (χ3n) is 3.38. The Morgan fingerprint density at radius 1 is 1.25 bits per heavy atom. The van der Waals surface area contributed by atoms with E-state index in [1.54, 1.807) is 19.2 Å². The zero-order chi connectivity index (χ0) is 14.5. The van der Waals surface area contributed by atoms with Gasteiger partial charge in [0.25, 0.3) is 5.91 Å². The maximum atomic E-state index is 12.3. The summed E-state index contributed by atoms with van der Waals surface area (Å²) in [6.45, 7) is 5.12. The summed E-state index contributed by atoms with van der Waals surface area (Å²) in [5.41, 5.74) is 0. The molecule has 0 bridgehead atoms. The first-order valence-electron chi connectivity index (χ1n) is 6.78. The number of carbonyl (C=O) groups excluding carboxylic acids is 1. The molecule has 0 aliphatic carbocycles. The summed E-state index contributed by atoms with van der Waals surface area (Å²) in [6.07, 6.45) is 0. The predicted octanol–water partition coefficient (Wildman–Crippen LogP) is 1.71. The summed E-state index contributed by atoms with van der Waals surface area (Å²) in [4.78, 5) is 14.1. The van der Waals surface area contributed by atoms with Crippen molar-refractivity contribution in [3.63, 3.8) is 0 Å². The molecule has 1 aromatic rings. The molecule has 1 aliphatic heterocycles. The molecule has 110 valence electrons. The molecule has 2 unspecified atom stereocenters. The second-order valence-corrected chi connectivity index (χ2v) is 4.98. The van der Waals surface area contributed by atoms with Crippen molar-refractivity contribution in [1.29, 1.82) is 0 Å². The van der Waals surface area contributed by atoms with Crippen molar-refractivity contribution in [1.82, 2.24) is 4.90 Å². The monoisotopic (exact) mass is 279 g/mol. The third kappa shape index (κ3) is 3.22. The van der Waals surface area contributed by atoms with Gasteiger partial charge in [-0.25, -0.2) is 0 Å². The second-order valence-electron chi connectivity index (χ2n) is 4.98. The van der Waals surface area contributed by atoms with E-state index in [1.165, 1.54) is 0 Å². The quantitative estimate of drug-likeness (QED) is 0.842. The molecule has 0 radical (unpaired) electrons. The van der Waals surface area contributed by atoms with Crippen LogP contribution in [0.4, 0.5) is 0 Å². The highest BCUT2D eigenvalue weighted by Crippen LogP contribution is 2.26. The smallest absolute Gasteiger partial charge is 0.261 e. The van der Waals surface area contributed by atoms with Crippen molar-refractivity contribution in [2.24, 2.45) is 0 Å². The highest BCUT2D eigenvalue weighted by atomic mass is 16.5. The lowest BCUT2D eigenvalue weighted by molar-refractivity contribution is -0.146. The number of hydrogen-bond donors (Lipinski definition) is 0. The maximum Gasteiger partial charge on any atom is 0.261 e. The zero-order valence-corrected chi connectivity index (χ0v) is 12.2. The fourth-order valence-electron chi connectivity index (χ4n) is 2.45. The van der Waals surface area contributed by atoms with Crippen LogP contribution in [0.2, 0.25) is 0 Å². The van der Waals surface area contributed by atoms with Gasteiger partial charge in [0, 0.05) is 0 Å². The lowest BCUT2D eigenvalue weighted by atomic mass is 10.2. The number of morpholine rings is 1. The van der Waals surface area contributed by atoms with Gasteiger partial charge in [-0.3, -0.25) is 4.79 Å². The molecule has 1 amide bonds. The highest BCUT2D eigenvalue weighted by molar-refractivity contribution is 5.78. The first-order chi connectivity index (χ1) is 9.63. The average Bonchev–Trinajstić information content (AvgIpc) is 2.45. The van der Waals surface area contributed by atoms with E-state index >= 15 is 0 Å². The molecule has 1 heterocycles. The Labute approximate surface area is 119 Å². The molecule has 0 aromatic heterocycles. The number of para-hydroxylation sites is 2. The fourth-order valence-corrected chi connectivity index (χ4v) is 2.45. The maximum absolute atomic E-state index is 12.3. The van der Waals surface area contributed by atoms with Gasteiger partial charge in [0.15, 0.2) is 18.1 Å². The normalized spacial score (nSPS) is 22.4. The van der Waals surface area contributed by atoms with E-state index in [-0.39, 0.29) is 24.6 Å². The van der Waals surface area contributed by atoms with E-state index in [0.29, 0.717) is 24.7 Å². The topological polar surface area (TPSA) is 48.0 Å². The van der Waals surface area contributed by atoms with E-state index < -0.39 is 0 Å². The van der Waals surface area contributed by atoms with Crippen LogP contribution in [0.5, 0.6) is 11.5 Å². The minimum absolute atomic E-state index is 0.00898. The number of rotatable bonds is 4. The molecule has 2 rings (SSSR count). The number of hydrogen-bond acceptors (Lipinski definition) is 4. The van der Waals surface area contributed by atoms with Crippen molar-refractivity contribution in [2.75, 3.05) is 26.9 Å². The number of ether oxygens (including phenoxy) is 3. The number of carbonyl (C=O) groups is 1. The van der Waals surface area contributed by atoms with Gasteiger partial charge < -0.3 is 19.1 Å². The molecule has 1 fully saturated rings. The minimum atomic E-state index is -0.0285. The molecule has 20 heavy (non-hydrogen) atoms. The van der Waals surface area contributed by atoms with Gasteiger partial charge in [0.2, 0.25) is 0 Å². The highest BCUT2D eigenvalue weighted by Gasteiger charge is 2.29. The van der Waals surface area contributed by atoms with Crippen LogP contribution in [0.1, 0.15) is 13.8 Å². The number of benzene rings is 1. The van der Waals surface area contributed by atoms with E-state index in [9.17, 15) is 4.79 Å². The molecule has 1 aliphatic rings. The molecule has 2 atom stereocenters. The van der Waals surface area contributed by atoms with Gasteiger partial charge in [-0.05, 0) is 26.0 Å². The Morgan fingerprint density at radius 3 is 2.45 bits per heavy atom. The van der Waals surface area contributed by atoms with Crippen molar-refractivity contribution in [3.05, 3.63) is 24.3 Å². The van der Waals surface area contributed by atoms with Crippen LogP contribution in [-0.4, -0.2) is 49.8 Å². The Bertz CT molecular complexity index is 453. The van der Waals surface area contributed by atoms with Crippen LogP contribution in [0.25, 0.3) is 0 Å². The van der Waals surface area contributed by atoms with Gasteiger partial charge in [-0.15, -0.1) is 0 Å². The van der Waals surface area contributed by atoms with Crippen LogP contribution in [0, 0.1) is 0 Å². The summed E-state index contributed by atoms with van der Waals surface area (Å²) in [7, 11) is 1.58. The molecule has 0 saturated carbocycles. The fraction of sp³-hybridized carbons (Fsp3) is 0.533. The Kier molecular flexibility index (Phi) is 4.84. The first-order valence-corrected chi connectivity index (χ1v) is 6.78. The predicted molar refractivity (Wildman–Crippen MR) is 75.1 cm³/mol. The zero-order valence-electron chi connectivity index (χ0n) is 12.2. The molecular weight excluding hydrogens is 258 g/mol. The molecule has 0 N–H and O–H groups in total. The van der Waals surface area contributed by atoms with Gasteiger partial charge >= 0.3 is 0 Å². The van der Waals surface area contributed by atoms with Gasteiger partial charge in [0.1, 0.15) is 0 Å². The number of methoxy groups -OCH3 is 1. The summed E-state index contributed by atoms with van der Waals surface area (Å²) >= 11 is 0. The largest absolute Gasteiger partial charge is 0.493 e. The summed E-state index contributed by atoms with van der Waals surface area (Å²) in [5, 5.41) is 0. The number of amides is 1. The van der Waals surface area contributed by atoms with Crippen LogP contribution >= 0.6 is 0 Å². The van der Waals surface area contributed by atoms with Crippen LogP contribution < -0.4 is 9.47 Å². The molecule has 1 aromatic carbocycles. The standard InChI is InChI=1S/C15H21NO4/c1-11-8-19-9-12(2)16(11)15(17)10-20-14-7-5-4-6-13(14)18-3/h4-7,11-12H,8-10H2,1-3H3. The van der Waals surface area contributed by atoms with Crippen LogP contribution in [0.3, 0.4) is 0 Å². The van der Waals surface area contributed by atoms with E-state index in [0.717, 1.165) is 0 Å².